The van der Waals surface area contributed by atoms with Crippen molar-refractivity contribution < 1.29 is 19.2 Å². The maximum absolute atomic E-state index is 13.0. The number of hydrogen-bond acceptors (Lipinski definition) is 5. The zero-order valence-corrected chi connectivity index (χ0v) is 18.3. The second kappa shape index (κ2) is 9.56. The molecule has 2 aliphatic heterocycles. The van der Waals surface area contributed by atoms with Crippen LogP contribution in [0.25, 0.3) is 0 Å². The Morgan fingerprint density at radius 3 is 2.38 bits per heavy atom. The molecule has 2 unspecified atom stereocenters. The predicted molar refractivity (Wildman–Crippen MR) is 122 cm³/mol. The number of likely N-dealkylation sites (tertiary alicyclic amines) is 2. The lowest BCUT2D eigenvalue weighted by Crippen LogP contribution is -2.43. The zero-order valence-electron chi connectivity index (χ0n) is 17.5. The highest BCUT2D eigenvalue weighted by atomic mass is 32.2. The van der Waals surface area contributed by atoms with Crippen LogP contribution in [0.15, 0.2) is 54.6 Å². The molecular weight excluding hydrogens is 426 g/mol. The van der Waals surface area contributed by atoms with Crippen LogP contribution in [-0.4, -0.2) is 64.2 Å². The average molecular weight is 451 g/mol. The van der Waals surface area contributed by atoms with Gasteiger partial charge < -0.3 is 15.5 Å². The number of amides is 3. The first kappa shape index (κ1) is 22.1. The molecule has 3 amide bonds. The van der Waals surface area contributed by atoms with Gasteiger partial charge >= 0.3 is 0 Å². The molecule has 2 aromatic carbocycles. The molecule has 2 fully saturated rings. The van der Waals surface area contributed by atoms with Crippen molar-refractivity contribution in [3.63, 3.8) is 0 Å². The summed E-state index contributed by atoms with van der Waals surface area (Å²) in [6, 6.07) is 15.2. The smallest absolute Gasteiger partial charge is 0.254 e. The fourth-order valence-corrected chi connectivity index (χ4v) is 5.09. The van der Waals surface area contributed by atoms with Gasteiger partial charge in [0.15, 0.2) is 5.78 Å². The molecule has 8 heteroatoms. The standard InChI is InChI=1S/C24H24N3O4S/c25-23(30)17-6-8-18(9-7-17)24(31)27-14-20(28)22-19(27)10-12-26(22)21(29)11-13-32-15-16-4-2-1-3-5-16/h1-9,11,19,22H,10,12-15H2,(H2,25,30). The Hall–Kier alpha value is -3.13. The Balaban J connectivity index is 1.34. The molecule has 32 heavy (non-hydrogen) atoms. The van der Waals surface area contributed by atoms with Crippen molar-refractivity contribution in [3.05, 3.63) is 77.7 Å². The third-order valence-electron chi connectivity index (χ3n) is 5.87. The van der Waals surface area contributed by atoms with E-state index >= 15 is 0 Å². The van der Waals surface area contributed by atoms with Crippen LogP contribution in [0.5, 0.6) is 0 Å². The van der Waals surface area contributed by atoms with Gasteiger partial charge in [-0.15, -0.1) is 0 Å². The predicted octanol–water partition coefficient (Wildman–Crippen LogP) is 1.92. The second-order valence-corrected chi connectivity index (χ2v) is 8.91. The molecule has 0 aliphatic carbocycles. The highest BCUT2D eigenvalue weighted by Crippen LogP contribution is 2.31. The van der Waals surface area contributed by atoms with E-state index in [2.05, 4.69) is 0 Å². The first-order valence-electron chi connectivity index (χ1n) is 10.4. The molecule has 2 aromatic rings. The number of benzene rings is 2. The lowest BCUT2D eigenvalue weighted by Gasteiger charge is -2.24. The number of thioether (sulfide) groups is 1. The summed E-state index contributed by atoms with van der Waals surface area (Å²) in [6.07, 6.45) is 2.19. The summed E-state index contributed by atoms with van der Waals surface area (Å²) >= 11 is 1.64. The molecule has 2 aliphatic rings. The van der Waals surface area contributed by atoms with Crippen molar-refractivity contribution >= 4 is 35.3 Å². The van der Waals surface area contributed by atoms with Crippen LogP contribution in [0.4, 0.5) is 0 Å². The number of nitrogens with two attached hydrogens (primary N) is 1. The summed E-state index contributed by atoms with van der Waals surface area (Å²) in [7, 11) is 0. The number of nitrogens with zero attached hydrogens (tertiary/aromatic N) is 2. The fraction of sp³-hybridized carbons (Fsp3) is 0.292. The molecule has 0 bridgehead atoms. The summed E-state index contributed by atoms with van der Waals surface area (Å²) in [6.45, 7) is 0.433. The molecule has 2 saturated heterocycles. The lowest BCUT2D eigenvalue weighted by atomic mass is 10.1. The van der Waals surface area contributed by atoms with E-state index in [9.17, 15) is 19.2 Å². The molecule has 1 radical (unpaired) electrons. The van der Waals surface area contributed by atoms with Crippen LogP contribution in [0.2, 0.25) is 0 Å². The molecule has 2 N–H and O–H groups in total. The maximum atomic E-state index is 13.0. The van der Waals surface area contributed by atoms with Crippen LogP contribution in [0.3, 0.4) is 0 Å². The van der Waals surface area contributed by atoms with Gasteiger partial charge in [-0.25, -0.2) is 0 Å². The van der Waals surface area contributed by atoms with Crippen molar-refractivity contribution in [2.24, 2.45) is 5.73 Å². The number of carbonyl (C=O) groups is 4. The SMILES string of the molecule is NC(=O)c1ccc(C(=O)N2CC(=O)C3C2CCN3C(=O)[CH]CSCc2ccccc2)cc1. The topological polar surface area (TPSA) is 101 Å². The van der Waals surface area contributed by atoms with Gasteiger partial charge in [-0.1, -0.05) is 30.3 Å². The molecule has 0 saturated carbocycles. The number of rotatable bonds is 7. The van der Waals surface area contributed by atoms with Crippen LogP contribution < -0.4 is 5.73 Å². The number of fused-ring (bicyclic) bond motifs is 1. The minimum Gasteiger partial charge on any atom is -0.366 e. The van der Waals surface area contributed by atoms with Crippen molar-refractivity contribution in [2.75, 3.05) is 18.8 Å². The van der Waals surface area contributed by atoms with E-state index in [-0.39, 0.29) is 30.2 Å². The maximum Gasteiger partial charge on any atom is 0.254 e. The van der Waals surface area contributed by atoms with Gasteiger partial charge in [-0.2, -0.15) is 11.8 Å². The number of hydrogen-bond donors (Lipinski definition) is 1. The third kappa shape index (κ3) is 4.55. The van der Waals surface area contributed by atoms with E-state index in [4.69, 9.17) is 5.73 Å². The van der Waals surface area contributed by atoms with Gasteiger partial charge in [0.25, 0.3) is 5.91 Å². The van der Waals surface area contributed by atoms with Gasteiger partial charge in [-0.3, -0.25) is 19.2 Å². The largest absolute Gasteiger partial charge is 0.366 e. The van der Waals surface area contributed by atoms with E-state index in [1.807, 2.05) is 30.3 Å². The number of carbonyl (C=O) groups excluding carboxylic acids is 4. The van der Waals surface area contributed by atoms with Gasteiger partial charge in [0.1, 0.15) is 6.04 Å². The average Bonchev–Trinajstić information content (AvgIpc) is 3.38. The van der Waals surface area contributed by atoms with E-state index < -0.39 is 11.9 Å². The van der Waals surface area contributed by atoms with E-state index in [1.165, 1.54) is 29.8 Å². The minimum absolute atomic E-state index is 0.0156. The third-order valence-corrected chi connectivity index (χ3v) is 6.81. The first-order valence-corrected chi connectivity index (χ1v) is 11.6. The Bertz CT molecular complexity index is 1030. The zero-order chi connectivity index (χ0) is 22.7. The molecule has 7 nitrogen and oxygen atoms in total. The van der Waals surface area contributed by atoms with Crippen molar-refractivity contribution in [3.8, 4) is 0 Å². The molecular formula is C24H24N3O4S. The van der Waals surface area contributed by atoms with Crippen LogP contribution >= 0.6 is 11.8 Å². The van der Waals surface area contributed by atoms with Crippen LogP contribution in [0, 0.1) is 6.42 Å². The molecule has 165 valence electrons. The molecule has 4 rings (SSSR count). The highest BCUT2D eigenvalue weighted by molar-refractivity contribution is 7.98. The fourth-order valence-electron chi connectivity index (χ4n) is 4.28. The second-order valence-electron chi connectivity index (χ2n) is 7.88. The normalized spacial score (nSPS) is 19.8. The summed E-state index contributed by atoms with van der Waals surface area (Å²) < 4.78 is 0. The highest BCUT2D eigenvalue weighted by Gasteiger charge is 2.51. The van der Waals surface area contributed by atoms with Crippen molar-refractivity contribution in [2.45, 2.75) is 24.3 Å². The molecule has 0 aromatic heterocycles. The Kier molecular flexibility index (Phi) is 6.60. The summed E-state index contributed by atoms with van der Waals surface area (Å²) in [5.41, 5.74) is 7.15. The van der Waals surface area contributed by atoms with Crippen molar-refractivity contribution in [1.29, 1.82) is 0 Å². The lowest BCUT2D eigenvalue weighted by molar-refractivity contribution is -0.133. The summed E-state index contributed by atoms with van der Waals surface area (Å²) in [5.74, 6) is 0.249. The molecule has 2 heterocycles. The number of Topliss-reactive ketones (excluding diaryl/α,β-unsaturated/α-hetero) is 1. The Labute approximate surface area is 190 Å². The quantitative estimate of drug-likeness (QED) is 0.650. The van der Waals surface area contributed by atoms with Gasteiger partial charge in [-0.05, 0) is 36.2 Å². The number of ketones is 1. The van der Waals surface area contributed by atoms with Crippen molar-refractivity contribution in [1.82, 2.24) is 9.80 Å². The van der Waals surface area contributed by atoms with Crippen LogP contribution in [-0.2, 0) is 15.3 Å². The Morgan fingerprint density at radius 2 is 1.69 bits per heavy atom. The first-order chi connectivity index (χ1) is 15.5. The minimum atomic E-state index is -0.591. The summed E-state index contributed by atoms with van der Waals surface area (Å²) in [4.78, 5) is 52.8. The van der Waals surface area contributed by atoms with E-state index in [1.54, 1.807) is 28.0 Å². The molecule has 0 spiro atoms. The van der Waals surface area contributed by atoms with Gasteiger partial charge in [0.05, 0.1) is 19.0 Å². The van der Waals surface area contributed by atoms with E-state index in [0.717, 1.165) is 5.75 Å². The Morgan fingerprint density at radius 1 is 1.00 bits per heavy atom. The van der Waals surface area contributed by atoms with Gasteiger partial charge in [0, 0.05) is 29.2 Å². The number of primary amides is 1. The monoisotopic (exact) mass is 450 g/mol. The van der Waals surface area contributed by atoms with E-state index in [0.29, 0.717) is 29.8 Å². The summed E-state index contributed by atoms with van der Waals surface area (Å²) in [5, 5.41) is 0. The molecule has 2 atom stereocenters. The van der Waals surface area contributed by atoms with Crippen LogP contribution in [0.1, 0.15) is 32.7 Å². The van der Waals surface area contributed by atoms with Gasteiger partial charge in [0.2, 0.25) is 11.8 Å².